The molecule has 4 N–H and O–H groups in total. The summed E-state index contributed by atoms with van der Waals surface area (Å²) in [6.07, 6.45) is 2.28. The van der Waals surface area contributed by atoms with Crippen molar-refractivity contribution in [2.75, 3.05) is 10.6 Å². The molecule has 1 aliphatic rings. The molecule has 0 saturated heterocycles. The lowest BCUT2D eigenvalue weighted by Gasteiger charge is -2.27. The number of hydrogen-bond donors (Lipinski definition) is 4. The summed E-state index contributed by atoms with van der Waals surface area (Å²) in [6.45, 7) is 7.53. The van der Waals surface area contributed by atoms with E-state index < -0.39 is 0 Å². The molecule has 0 bridgehead atoms. The van der Waals surface area contributed by atoms with E-state index in [4.69, 9.17) is 0 Å². The van der Waals surface area contributed by atoms with Crippen LogP contribution in [-0.4, -0.2) is 35.7 Å². The van der Waals surface area contributed by atoms with Crippen molar-refractivity contribution < 1.29 is 19.2 Å². The van der Waals surface area contributed by atoms with E-state index in [9.17, 15) is 19.2 Å². The highest BCUT2D eigenvalue weighted by molar-refractivity contribution is 6.05. The zero-order valence-corrected chi connectivity index (χ0v) is 21.4. The minimum atomic E-state index is -0.237. The van der Waals surface area contributed by atoms with Crippen LogP contribution in [0.25, 0.3) is 0 Å². The molecule has 2 aromatic rings. The third-order valence-corrected chi connectivity index (χ3v) is 6.17. The van der Waals surface area contributed by atoms with Crippen LogP contribution in [0.3, 0.4) is 0 Å². The standard InChI is InChI=1S/C28H36N4O4/c1-17(2)29-27(35)21-9-5-7-11-23(21)31-25(33)19-13-15-20(16-14-19)26(34)32-24-12-8-6-10-22(24)28(36)30-18(3)4/h5-12,17-20H,13-16H2,1-4H3,(H,29,35)(H,30,36)(H,31,33)(H,32,34). The van der Waals surface area contributed by atoms with Gasteiger partial charge in [0.1, 0.15) is 0 Å². The molecule has 3 rings (SSSR count). The summed E-state index contributed by atoms with van der Waals surface area (Å²) in [4.78, 5) is 50.9. The lowest BCUT2D eigenvalue weighted by atomic mass is 9.81. The van der Waals surface area contributed by atoms with Crippen LogP contribution in [0.2, 0.25) is 0 Å². The molecule has 0 aromatic heterocycles. The molecule has 0 atom stereocenters. The van der Waals surface area contributed by atoms with Crippen molar-refractivity contribution in [1.82, 2.24) is 10.6 Å². The normalized spacial score (nSPS) is 17.4. The number of nitrogens with one attached hydrogen (secondary N) is 4. The number of carbonyl (C=O) groups is 4. The van der Waals surface area contributed by atoms with E-state index in [-0.39, 0.29) is 47.5 Å². The Labute approximate surface area is 212 Å². The number of hydrogen-bond acceptors (Lipinski definition) is 4. The van der Waals surface area contributed by atoms with Gasteiger partial charge < -0.3 is 21.3 Å². The largest absolute Gasteiger partial charge is 0.350 e. The second-order valence-corrected chi connectivity index (χ2v) is 9.87. The topological polar surface area (TPSA) is 116 Å². The third kappa shape index (κ3) is 7.16. The minimum absolute atomic E-state index is 0.0146. The number of benzene rings is 2. The van der Waals surface area contributed by atoms with E-state index >= 15 is 0 Å². The van der Waals surface area contributed by atoms with Crippen LogP contribution in [0.15, 0.2) is 48.5 Å². The van der Waals surface area contributed by atoms with Gasteiger partial charge in [-0.3, -0.25) is 19.2 Å². The van der Waals surface area contributed by atoms with Gasteiger partial charge in [-0.2, -0.15) is 0 Å². The first-order valence-corrected chi connectivity index (χ1v) is 12.6. The molecule has 0 spiro atoms. The van der Waals surface area contributed by atoms with Crippen LogP contribution in [0.4, 0.5) is 11.4 Å². The van der Waals surface area contributed by atoms with E-state index in [1.165, 1.54) is 0 Å². The molecule has 4 amide bonds. The molecule has 192 valence electrons. The molecule has 1 aliphatic carbocycles. The monoisotopic (exact) mass is 492 g/mol. The summed E-state index contributed by atoms with van der Waals surface area (Å²) in [7, 11) is 0. The molecule has 2 aromatic carbocycles. The van der Waals surface area contributed by atoms with E-state index in [2.05, 4.69) is 21.3 Å². The Morgan fingerprint density at radius 1 is 0.611 bits per heavy atom. The summed E-state index contributed by atoms with van der Waals surface area (Å²) in [5.41, 5.74) is 1.81. The smallest absolute Gasteiger partial charge is 0.253 e. The second-order valence-electron chi connectivity index (χ2n) is 9.87. The number of anilines is 2. The molecule has 0 radical (unpaired) electrons. The summed E-state index contributed by atoms with van der Waals surface area (Å²) < 4.78 is 0. The predicted octanol–water partition coefficient (Wildman–Crippen LogP) is 4.35. The third-order valence-electron chi connectivity index (χ3n) is 6.17. The van der Waals surface area contributed by atoms with E-state index in [0.29, 0.717) is 48.2 Å². The number of para-hydroxylation sites is 2. The Bertz CT molecular complexity index is 1020. The van der Waals surface area contributed by atoms with Crippen molar-refractivity contribution in [3.63, 3.8) is 0 Å². The highest BCUT2D eigenvalue weighted by Crippen LogP contribution is 2.31. The van der Waals surface area contributed by atoms with Crippen molar-refractivity contribution in [1.29, 1.82) is 0 Å². The van der Waals surface area contributed by atoms with Gasteiger partial charge in [-0.05, 0) is 77.6 Å². The maximum atomic E-state index is 13.0. The average molecular weight is 493 g/mol. The lowest BCUT2D eigenvalue weighted by Crippen LogP contribution is -2.34. The second kappa shape index (κ2) is 12.3. The Morgan fingerprint density at radius 3 is 1.28 bits per heavy atom. The fourth-order valence-corrected chi connectivity index (χ4v) is 4.35. The van der Waals surface area contributed by atoms with Crippen molar-refractivity contribution in [2.45, 2.75) is 65.5 Å². The van der Waals surface area contributed by atoms with E-state index in [1.54, 1.807) is 48.5 Å². The van der Waals surface area contributed by atoms with Gasteiger partial charge in [-0.1, -0.05) is 24.3 Å². The summed E-state index contributed by atoms with van der Waals surface area (Å²) >= 11 is 0. The van der Waals surface area contributed by atoms with E-state index in [1.807, 2.05) is 27.7 Å². The molecule has 36 heavy (non-hydrogen) atoms. The van der Waals surface area contributed by atoms with Gasteiger partial charge >= 0.3 is 0 Å². The molecular weight excluding hydrogens is 456 g/mol. The Morgan fingerprint density at radius 2 is 0.944 bits per heavy atom. The maximum Gasteiger partial charge on any atom is 0.253 e. The lowest BCUT2D eigenvalue weighted by molar-refractivity contribution is -0.125. The van der Waals surface area contributed by atoms with Crippen molar-refractivity contribution in [2.24, 2.45) is 11.8 Å². The van der Waals surface area contributed by atoms with Crippen molar-refractivity contribution >= 4 is 35.0 Å². The van der Waals surface area contributed by atoms with Crippen LogP contribution in [0.5, 0.6) is 0 Å². The number of amides is 4. The molecule has 8 heteroatoms. The molecule has 1 fully saturated rings. The van der Waals surface area contributed by atoms with Gasteiger partial charge in [0.05, 0.1) is 22.5 Å². The first-order valence-electron chi connectivity index (χ1n) is 12.6. The zero-order chi connectivity index (χ0) is 26.2. The van der Waals surface area contributed by atoms with Gasteiger partial charge in [0.25, 0.3) is 11.8 Å². The van der Waals surface area contributed by atoms with Crippen molar-refractivity contribution in [3.8, 4) is 0 Å². The first kappa shape index (κ1) is 26.9. The van der Waals surface area contributed by atoms with Crippen LogP contribution in [0.1, 0.15) is 74.1 Å². The van der Waals surface area contributed by atoms with Crippen LogP contribution in [-0.2, 0) is 9.59 Å². The van der Waals surface area contributed by atoms with Crippen LogP contribution in [0, 0.1) is 11.8 Å². The minimum Gasteiger partial charge on any atom is -0.350 e. The Balaban J connectivity index is 1.57. The summed E-state index contributed by atoms with van der Waals surface area (Å²) in [5.74, 6) is -1.23. The van der Waals surface area contributed by atoms with Gasteiger partial charge in [-0.25, -0.2) is 0 Å². The Kier molecular flexibility index (Phi) is 9.22. The zero-order valence-electron chi connectivity index (χ0n) is 21.4. The van der Waals surface area contributed by atoms with Gasteiger partial charge in [0.15, 0.2) is 0 Å². The molecule has 0 aliphatic heterocycles. The molecule has 8 nitrogen and oxygen atoms in total. The average Bonchev–Trinajstić information content (AvgIpc) is 2.84. The van der Waals surface area contributed by atoms with Crippen LogP contribution >= 0.6 is 0 Å². The highest BCUT2D eigenvalue weighted by atomic mass is 16.2. The molecule has 1 saturated carbocycles. The van der Waals surface area contributed by atoms with Gasteiger partial charge in [0.2, 0.25) is 11.8 Å². The fourth-order valence-electron chi connectivity index (χ4n) is 4.35. The van der Waals surface area contributed by atoms with Crippen LogP contribution < -0.4 is 21.3 Å². The highest BCUT2D eigenvalue weighted by Gasteiger charge is 2.31. The maximum absolute atomic E-state index is 13.0. The predicted molar refractivity (Wildman–Crippen MR) is 141 cm³/mol. The number of carbonyl (C=O) groups excluding carboxylic acids is 4. The first-order chi connectivity index (χ1) is 17.2. The van der Waals surface area contributed by atoms with Gasteiger partial charge in [0, 0.05) is 23.9 Å². The molecule has 0 heterocycles. The van der Waals surface area contributed by atoms with E-state index in [0.717, 1.165) is 0 Å². The van der Waals surface area contributed by atoms with Crippen molar-refractivity contribution in [3.05, 3.63) is 59.7 Å². The molecular formula is C28H36N4O4. The quantitative estimate of drug-likeness (QED) is 0.438. The summed E-state index contributed by atoms with van der Waals surface area (Å²) in [5, 5.41) is 11.5. The fraction of sp³-hybridized carbons (Fsp3) is 0.429. The van der Waals surface area contributed by atoms with Gasteiger partial charge in [-0.15, -0.1) is 0 Å². The Hall–Kier alpha value is -3.68. The summed E-state index contributed by atoms with van der Waals surface area (Å²) in [6, 6.07) is 13.9. The number of rotatable bonds is 8. The SMILES string of the molecule is CC(C)NC(=O)c1ccccc1NC(=O)C1CCC(C(=O)Nc2ccccc2C(=O)NC(C)C)CC1. The molecule has 0 unspecified atom stereocenters.